The minimum Gasteiger partial charge on any atom is -0.507 e. The highest BCUT2D eigenvalue weighted by Crippen LogP contribution is 2.28. The number of aromatic hydroxyl groups is 1. The number of hydrogen-bond donors (Lipinski definition) is 3. The van der Waals surface area contributed by atoms with E-state index in [0.717, 1.165) is 11.6 Å². The molecule has 2 rings (SSSR count). The van der Waals surface area contributed by atoms with Gasteiger partial charge in [-0.25, -0.2) is 4.79 Å². The van der Waals surface area contributed by atoms with E-state index in [9.17, 15) is 19.8 Å². The summed E-state index contributed by atoms with van der Waals surface area (Å²) in [6.07, 6.45) is 1.00. The van der Waals surface area contributed by atoms with Crippen molar-refractivity contribution < 1.29 is 24.9 Å². The Morgan fingerprint density at radius 2 is 1.48 bits per heavy atom. The van der Waals surface area contributed by atoms with Crippen LogP contribution in [0.2, 0.25) is 0 Å². The van der Waals surface area contributed by atoms with Gasteiger partial charge in [-0.2, -0.15) is 0 Å². The molecule has 0 spiro atoms. The molecule has 0 aliphatic rings. The van der Waals surface area contributed by atoms with Crippen LogP contribution >= 0.6 is 0 Å². The summed E-state index contributed by atoms with van der Waals surface area (Å²) in [7, 11) is 0. The van der Waals surface area contributed by atoms with Gasteiger partial charge in [0.05, 0.1) is 11.1 Å². The van der Waals surface area contributed by atoms with Gasteiger partial charge in [0.25, 0.3) is 0 Å². The third-order valence-corrected chi connectivity index (χ3v) is 3.82. The predicted octanol–water partition coefficient (Wildman–Crippen LogP) is 4.17. The summed E-state index contributed by atoms with van der Waals surface area (Å²) in [4.78, 5) is 23.1. The molecule has 5 nitrogen and oxygen atoms in total. The molecule has 0 aliphatic heterocycles. The monoisotopic (exact) mass is 340 g/mol. The molecule has 130 valence electrons. The number of aromatic carboxylic acids is 1. The number of aliphatic hydroxyl groups is 1. The molecule has 0 radical (unpaired) electrons. The van der Waals surface area contributed by atoms with Gasteiger partial charge in [-0.3, -0.25) is 4.79 Å². The number of carboxylic acid groups (broad SMARTS) is 1. The molecular weight excluding hydrogens is 320 g/mol. The number of carbonyl (C=O) groups is 2. The first-order chi connectivity index (χ1) is 11.6. The molecule has 0 saturated heterocycles. The van der Waals surface area contributed by atoms with Crippen LogP contribution in [-0.2, 0) is 5.41 Å². The molecular formula is C20H20O5. The maximum Gasteiger partial charge on any atom is 0.335 e. The van der Waals surface area contributed by atoms with E-state index in [-0.39, 0.29) is 28.1 Å². The largest absolute Gasteiger partial charge is 0.507 e. The molecule has 2 aromatic rings. The third-order valence-electron chi connectivity index (χ3n) is 3.82. The van der Waals surface area contributed by atoms with Crippen molar-refractivity contribution in [1.29, 1.82) is 0 Å². The predicted molar refractivity (Wildman–Crippen MR) is 95.1 cm³/mol. The third kappa shape index (κ3) is 4.26. The van der Waals surface area contributed by atoms with Gasteiger partial charge in [-0.1, -0.05) is 39.0 Å². The topological polar surface area (TPSA) is 94.8 Å². The van der Waals surface area contributed by atoms with Crippen LogP contribution in [0.5, 0.6) is 5.75 Å². The van der Waals surface area contributed by atoms with E-state index in [4.69, 9.17) is 5.11 Å². The van der Waals surface area contributed by atoms with E-state index in [1.807, 2.05) is 20.8 Å². The van der Waals surface area contributed by atoms with Crippen LogP contribution < -0.4 is 0 Å². The Bertz CT molecular complexity index is 839. The number of benzene rings is 2. The fraction of sp³-hybridized carbons (Fsp3) is 0.200. The average molecular weight is 340 g/mol. The Kier molecular flexibility index (Phi) is 4.97. The molecule has 0 saturated carbocycles. The first-order valence-electron chi connectivity index (χ1n) is 7.72. The zero-order chi connectivity index (χ0) is 18.8. The molecule has 0 atom stereocenters. The fourth-order valence-corrected chi connectivity index (χ4v) is 2.28. The highest BCUT2D eigenvalue weighted by Gasteiger charge is 2.17. The van der Waals surface area contributed by atoms with E-state index in [2.05, 4.69) is 0 Å². The van der Waals surface area contributed by atoms with Gasteiger partial charge < -0.3 is 15.3 Å². The minimum atomic E-state index is -1.07. The SMILES string of the molecule is CC(C)(C)c1ccc(C(=O)/C=C(/O)c2ccc(C(=O)O)cc2)c(O)c1. The highest BCUT2D eigenvalue weighted by atomic mass is 16.4. The summed E-state index contributed by atoms with van der Waals surface area (Å²) in [5.41, 5.74) is 1.20. The first kappa shape index (κ1) is 18.3. The van der Waals surface area contributed by atoms with Crippen LogP contribution in [0.15, 0.2) is 48.5 Å². The van der Waals surface area contributed by atoms with Crippen molar-refractivity contribution in [3.63, 3.8) is 0 Å². The lowest BCUT2D eigenvalue weighted by atomic mass is 9.86. The summed E-state index contributed by atoms with van der Waals surface area (Å²) < 4.78 is 0. The second kappa shape index (κ2) is 6.81. The zero-order valence-corrected chi connectivity index (χ0v) is 14.3. The molecule has 0 amide bonds. The molecule has 0 aromatic heterocycles. The van der Waals surface area contributed by atoms with Crippen LogP contribution in [0, 0.1) is 0 Å². The molecule has 0 heterocycles. The van der Waals surface area contributed by atoms with Crippen molar-refractivity contribution in [2.24, 2.45) is 0 Å². The summed E-state index contributed by atoms with van der Waals surface area (Å²) >= 11 is 0. The van der Waals surface area contributed by atoms with Crippen LogP contribution in [0.3, 0.4) is 0 Å². The molecule has 0 unspecified atom stereocenters. The van der Waals surface area contributed by atoms with Crippen molar-refractivity contribution in [1.82, 2.24) is 0 Å². The maximum absolute atomic E-state index is 12.3. The van der Waals surface area contributed by atoms with Crippen molar-refractivity contribution in [3.8, 4) is 5.75 Å². The van der Waals surface area contributed by atoms with Crippen LogP contribution in [0.1, 0.15) is 52.6 Å². The van der Waals surface area contributed by atoms with Gasteiger partial charge >= 0.3 is 5.97 Å². The number of hydrogen-bond acceptors (Lipinski definition) is 4. The van der Waals surface area contributed by atoms with Crippen molar-refractivity contribution in [2.75, 3.05) is 0 Å². The summed E-state index contributed by atoms with van der Waals surface area (Å²) in [5, 5.41) is 29.0. The quantitative estimate of drug-likeness (QED) is 0.441. The van der Waals surface area contributed by atoms with Crippen LogP contribution in [-0.4, -0.2) is 27.1 Å². The minimum absolute atomic E-state index is 0.0818. The Balaban J connectivity index is 2.28. The Morgan fingerprint density at radius 1 is 0.920 bits per heavy atom. The van der Waals surface area contributed by atoms with Crippen molar-refractivity contribution in [2.45, 2.75) is 26.2 Å². The van der Waals surface area contributed by atoms with E-state index in [1.165, 1.54) is 30.3 Å². The number of rotatable bonds is 4. The Morgan fingerprint density at radius 3 is 1.96 bits per heavy atom. The molecule has 5 heteroatoms. The van der Waals surface area contributed by atoms with E-state index < -0.39 is 11.8 Å². The lowest BCUT2D eigenvalue weighted by Gasteiger charge is -2.19. The number of phenolic OH excluding ortho intramolecular Hbond substituents is 1. The maximum atomic E-state index is 12.3. The molecule has 0 bridgehead atoms. The van der Waals surface area contributed by atoms with Crippen molar-refractivity contribution >= 4 is 17.5 Å². The molecule has 2 aromatic carbocycles. The number of allylic oxidation sites excluding steroid dienone is 1. The number of aliphatic hydroxyl groups excluding tert-OH is 1. The lowest BCUT2D eigenvalue weighted by molar-refractivity contribution is 0.0696. The second-order valence-corrected chi connectivity index (χ2v) is 6.76. The normalized spacial score (nSPS) is 12.0. The molecule has 0 aliphatic carbocycles. The van der Waals surface area contributed by atoms with Crippen LogP contribution in [0.25, 0.3) is 5.76 Å². The van der Waals surface area contributed by atoms with Gasteiger partial charge in [-0.05, 0) is 35.2 Å². The fourth-order valence-electron chi connectivity index (χ4n) is 2.28. The first-order valence-corrected chi connectivity index (χ1v) is 7.72. The number of ketones is 1. The number of phenols is 1. The second-order valence-electron chi connectivity index (χ2n) is 6.76. The summed E-state index contributed by atoms with van der Waals surface area (Å²) in [5.74, 6) is -2.07. The Hall–Kier alpha value is -3.08. The number of carboxylic acids is 1. The highest BCUT2D eigenvalue weighted by molar-refractivity contribution is 6.09. The standard InChI is InChI=1S/C20H20O5/c1-20(2,3)14-8-9-15(17(22)10-14)18(23)11-16(21)12-4-6-13(7-5-12)19(24)25/h4-11,21-22H,1-3H3,(H,24,25)/b16-11+. The summed E-state index contributed by atoms with van der Waals surface area (Å²) in [6.45, 7) is 5.99. The molecule has 25 heavy (non-hydrogen) atoms. The zero-order valence-electron chi connectivity index (χ0n) is 14.3. The smallest absolute Gasteiger partial charge is 0.335 e. The van der Waals surface area contributed by atoms with Gasteiger partial charge in [0.1, 0.15) is 11.5 Å². The van der Waals surface area contributed by atoms with E-state index in [0.29, 0.717) is 5.56 Å². The van der Waals surface area contributed by atoms with Crippen LogP contribution in [0.4, 0.5) is 0 Å². The molecule has 3 N–H and O–H groups in total. The van der Waals surface area contributed by atoms with Gasteiger partial charge in [0.2, 0.25) is 0 Å². The van der Waals surface area contributed by atoms with Gasteiger partial charge in [-0.15, -0.1) is 0 Å². The van der Waals surface area contributed by atoms with Crippen molar-refractivity contribution in [3.05, 3.63) is 70.8 Å². The molecule has 0 fully saturated rings. The Labute approximate surface area is 145 Å². The van der Waals surface area contributed by atoms with Gasteiger partial charge in [0, 0.05) is 11.6 Å². The van der Waals surface area contributed by atoms with Gasteiger partial charge in [0.15, 0.2) is 5.78 Å². The number of carbonyl (C=O) groups excluding carboxylic acids is 1. The summed E-state index contributed by atoms with van der Waals surface area (Å²) in [6, 6.07) is 10.3. The van der Waals surface area contributed by atoms with E-state index in [1.54, 1.807) is 12.1 Å². The average Bonchev–Trinajstić information content (AvgIpc) is 2.53. The van der Waals surface area contributed by atoms with E-state index >= 15 is 0 Å². The lowest BCUT2D eigenvalue weighted by Crippen LogP contribution is -2.11.